The summed E-state index contributed by atoms with van der Waals surface area (Å²) in [5.74, 6) is -4.27. The third-order valence-electron chi connectivity index (χ3n) is 4.48. The minimum Gasteiger partial charge on any atom is -0.503 e. The summed E-state index contributed by atoms with van der Waals surface area (Å²) in [5.41, 5.74) is -0.207. The number of halogens is 2. The number of aliphatic hydroxyl groups is 1. The van der Waals surface area contributed by atoms with Crippen LogP contribution in [0, 0.1) is 11.6 Å². The minimum atomic E-state index is -1.15. The van der Waals surface area contributed by atoms with E-state index >= 15 is 0 Å². The number of amides is 1. The Morgan fingerprint density at radius 3 is 2.46 bits per heavy atom. The molecule has 1 aliphatic heterocycles. The Morgan fingerprint density at radius 1 is 1.04 bits per heavy atom. The zero-order valence-electron chi connectivity index (χ0n) is 14.3. The average Bonchev–Trinajstić information content (AvgIpc) is 3.32. The SMILES string of the molecule is O=C(C1=C(O)C(=O)N(c2cc(F)ccc2F)C1c1ccccc1)c1ccco1. The fraction of sp³-hybridized carbons (Fsp3) is 0.0476. The minimum absolute atomic E-state index is 0.0863. The number of nitrogens with zero attached hydrogens (tertiary/aromatic N) is 1. The molecule has 0 saturated heterocycles. The van der Waals surface area contributed by atoms with Gasteiger partial charge in [-0.05, 0) is 29.8 Å². The lowest BCUT2D eigenvalue weighted by atomic mass is 9.95. The van der Waals surface area contributed by atoms with E-state index in [1.807, 2.05) is 0 Å². The molecule has 1 N–H and O–H groups in total. The zero-order chi connectivity index (χ0) is 19.8. The second kappa shape index (κ2) is 6.77. The van der Waals surface area contributed by atoms with Gasteiger partial charge in [-0.2, -0.15) is 0 Å². The highest BCUT2D eigenvalue weighted by molar-refractivity contribution is 6.20. The van der Waals surface area contributed by atoms with Crippen LogP contribution in [0.15, 0.2) is 82.7 Å². The Morgan fingerprint density at radius 2 is 1.79 bits per heavy atom. The van der Waals surface area contributed by atoms with E-state index in [0.29, 0.717) is 5.56 Å². The van der Waals surface area contributed by atoms with Crippen LogP contribution < -0.4 is 4.90 Å². The van der Waals surface area contributed by atoms with Crippen LogP contribution in [0.5, 0.6) is 0 Å². The van der Waals surface area contributed by atoms with E-state index in [2.05, 4.69) is 0 Å². The number of furan rings is 1. The molecule has 2 aromatic carbocycles. The molecule has 0 bridgehead atoms. The molecule has 1 aliphatic rings. The van der Waals surface area contributed by atoms with Gasteiger partial charge in [-0.25, -0.2) is 8.78 Å². The Balaban J connectivity index is 1.92. The van der Waals surface area contributed by atoms with E-state index in [0.717, 1.165) is 23.1 Å². The van der Waals surface area contributed by atoms with Crippen molar-refractivity contribution in [1.29, 1.82) is 0 Å². The van der Waals surface area contributed by atoms with Gasteiger partial charge in [0.2, 0.25) is 5.78 Å². The van der Waals surface area contributed by atoms with Crippen LogP contribution in [-0.4, -0.2) is 16.8 Å². The van der Waals surface area contributed by atoms with Gasteiger partial charge in [-0.3, -0.25) is 14.5 Å². The Hall–Kier alpha value is -3.74. The fourth-order valence-corrected chi connectivity index (χ4v) is 3.25. The predicted molar refractivity (Wildman–Crippen MR) is 95.7 cm³/mol. The molecule has 1 amide bonds. The molecule has 7 heteroatoms. The molecule has 1 atom stereocenters. The lowest BCUT2D eigenvalue weighted by Gasteiger charge is -2.27. The number of ketones is 1. The molecule has 2 heterocycles. The molecule has 1 unspecified atom stereocenters. The van der Waals surface area contributed by atoms with Crippen molar-refractivity contribution in [1.82, 2.24) is 0 Å². The standard InChI is InChI=1S/C21H13F2NO4/c22-13-8-9-14(23)15(11-13)24-18(12-5-2-1-3-6-12)17(20(26)21(24)27)19(25)16-7-4-10-28-16/h1-11,18,26H. The van der Waals surface area contributed by atoms with Crippen LogP contribution in [0.1, 0.15) is 22.2 Å². The van der Waals surface area contributed by atoms with Gasteiger partial charge in [0.05, 0.1) is 23.6 Å². The number of Topliss-reactive ketones (excluding diaryl/α,β-unsaturated/α-hetero) is 1. The quantitative estimate of drug-likeness (QED) is 0.683. The second-order valence-electron chi connectivity index (χ2n) is 6.15. The summed E-state index contributed by atoms with van der Waals surface area (Å²) in [6.45, 7) is 0. The summed E-state index contributed by atoms with van der Waals surface area (Å²) in [6.07, 6.45) is 1.28. The Kier molecular flexibility index (Phi) is 4.27. The van der Waals surface area contributed by atoms with Crippen LogP contribution >= 0.6 is 0 Å². The summed E-state index contributed by atoms with van der Waals surface area (Å²) in [6, 6.07) is 12.7. The fourth-order valence-electron chi connectivity index (χ4n) is 3.25. The van der Waals surface area contributed by atoms with E-state index < -0.39 is 35.1 Å². The lowest BCUT2D eigenvalue weighted by molar-refractivity contribution is -0.117. The lowest BCUT2D eigenvalue weighted by Crippen LogP contribution is -2.31. The number of carbonyl (C=O) groups excluding carboxylic acids is 2. The second-order valence-corrected chi connectivity index (χ2v) is 6.15. The normalized spacial score (nSPS) is 16.7. The maximum absolute atomic E-state index is 14.4. The van der Waals surface area contributed by atoms with E-state index in [1.54, 1.807) is 30.3 Å². The van der Waals surface area contributed by atoms with E-state index in [9.17, 15) is 23.5 Å². The summed E-state index contributed by atoms with van der Waals surface area (Å²) in [7, 11) is 0. The zero-order valence-corrected chi connectivity index (χ0v) is 14.3. The van der Waals surface area contributed by atoms with Crippen LogP contribution in [0.3, 0.4) is 0 Å². The van der Waals surface area contributed by atoms with E-state index in [4.69, 9.17) is 4.42 Å². The van der Waals surface area contributed by atoms with Crippen molar-refractivity contribution < 1.29 is 27.9 Å². The highest BCUT2D eigenvalue weighted by Crippen LogP contribution is 2.42. The molecule has 28 heavy (non-hydrogen) atoms. The molecule has 0 spiro atoms. The first-order valence-corrected chi connectivity index (χ1v) is 8.34. The van der Waals surface area contributed by atoms with Crippen molar-refractivity contribution in [2.75, 3.05) is 4.90 Å². The summed E-state index contributed by atoms with van der Waals surface area (Å²) in [4.78, 5) is 26.6. The number of aliphatic hydroxyl groups excluding tert-OH is 1. The summed E-state index contributed by atoms with van der Waals surface area (Å²) < 4.78 is 33.3. The molecule has 5 nitrogen and oxygen atoms in total. The summed E-state index contributed by atoms with van der Waals surface area (Å²) >= 11 is 0. The van der Waals surface area contributed by atoms with Crippen LogP contribution in [0.2, 0.25) is 0 Å². The molecule has 4 rings (SSSR count). The first-order valence-electron chi connectivity index (χ1n) is 8.34. The van der Waals surface area contributed by atoms with Crippen molar-refractivity contribution in [2.45, 2.75) is 6.04 Å². The number of rotatable bonds is 4. The monoisotopic (exact) mass is 381 g/mol. The molecular formula is C21H13F2NO4. The predicted octanol–water partition coefficient (Wildman–Crippen LogP) is 4.34. The van der Waals surface area contributed by atoms with Gasteiger partial charge in [0.1, 0.15) is 11.6 Å². The summed E-state index contributed by atoms with van der Waals surface area (Å²) in [5, 5.41) is 10.5. The number of carbonyl (C=O) groups is 2. The third kappa shape index (κ3) is 2.77. The van der Waals surface area contributed by atoms with Gasteiger partial charge < -0.3 is 9.52 Å². The van der Waals surface area contributed by atoms with E-state index in [1.165, 1.54) is 18.4 Å². The van der Waals surface area contributed by atoms with Crippen LogP contribution in [0.4, 0.5) is 14.5 Å². The maximum atomic E-state index is 14.4. The van der Waals surface area contributed by atoms with Gasteiger partial charge in [0, 0.05) is 6.07 Å². The van der Waals surface area contributed by atoms with Crippen LogP contribution in [-0.2, 0) is 4.79 Å². The van der Waals surface area contributed by atoms with Gasteiger partial charge in [0.25, 0.3) is 5.91 Å². The maximum Gasteiger partial charge on any atom is 0.294 e. The third-order valence-corrected chi connectivity index (χ3v) is 4.48. The average molecular weight is 381 g/mol. The number of hydrogen-bond donors (Lipinski definition) is 1. The van der Waals surface area contributed by atoms with Gasteiger partial charge >= 0.3 is 0 Å². The smallest absolute Gasteiger partial charge is 0.294 e. The number of benzene rings is 2. The molecule has 0 saturated carbocycles. The first kappa shape index (κ1) is 17.7. The molecule has 3 aromatic rings. The van der Waals surface area contributed by atoms with Gasteiger partial charge in [-0.15, -0.1) is 0 Å². The van der Waals surface area contributed by atoms with Crippen molar-refractivity contribution >= 4 is 17.4 Å². The van der Waals surface area contributed by atoms with Crippen molar-refractivity contribution in [3.8, 4) is 0 Å². The number of hydrogen-bond acceptors (Lipinski definition) is 4. The highest BCUT2D eigenvalue weighted by atomic mass is 19.1. The molecule has 0 aliphatic carbocycles. The molecule has 0 fully saturated rings. The van der Waals surface area contributed by atoms with E-state index in [-0.39, 0.29) is 17.0 Å². The van der Waals surface area contributed by atoms with Crippen molar-refractivity contribution in [3.63, 3.8) is 0 Å². The molecule has 1 aromatic heterocycles. The van der Waals surface area contributed by atoms with Crippen molar-refractivity contribution in [2.24, 2.45) is 0 Å². The number of anilines is 1. The Labute approximate surface area is 158 Å². The molecule has 140 valence electrons. The first-order chi connectivity index (χ1) is 13.5. The highest BCUT2D eigenvalue weighted by Gasteiger charge is 2.46. The Bertz CT molecular complexity index is 1090. The molecule has 0 radical (unpaired) electrons. The van der Waals surface area contributed by atoms with Gasteiger partial charge in [-0.1, -0.05) is 30.3 Å². The van der Waals surface area contributed by atoms with Gasteiger partial charge in [0.15, 0.2) is 11.5 Å². The van der Waals surface area contributed by atoms with Crippen LogP contribution in [0.25, 0.3) is 0 Å². The van der Waals surface area contributed by atoms with Crippen molar-refractivity contribution in [3.05, 3.63) is 101 Å². The molecular weight excluding hydrogens is 368 g/mol. The largest absolute Gasteiger partial charge is 0.503 e. The topological polar surface area (TPSA) is 70.8 Å².